The average molecular weight is 1040 g/mol. The second-order valence-corrected chi connectivity index (χ2v) is 25.7. The molecule has 5 nitrogen and oxygen atoms in total. The van der Waals surface area contributed by atoms with Gasteiger partial charge in [-0.05, 0) is 184 Å². The molecule has 11 aromatic rings. The molecule has 394 valence electrons. The summed E-state index contributed by atoms with van der Waals surface area (Å²) in [6.45, 7) is 20.9. The van der Waals surface area contributed by atoms with Gasteiger partial charge < -0.3 is 23.7 Å². The van der Waals surface area contributed by atoms with E-state index in [9.17, 15) is 0 Å². The fourth-order valence-corrected chi connectivity index (χ4v) is 13.3. The zero-order chi connectivity index (χ0) is 54.8. The Labute approximate surface area is 472 Å². The first-order valence-electron chi connectivity index (χ1n) is 28.9. The highest BCUT2D eigenvalue weighted by molar-refractivity contribution is 7.00. The molecule has 3 aliphatic rings. The number of nitrogens with zero attached hydrogens (tertiary/aromatic N) is 4. The third-order valence-electron chi connectivity index (χ3n) is 17.4. The number of benzene rings is 9. The lowest BCUT2D eigenvalue weighted by atomic mass is 9.34. The molecule has 1 aliphatic carbocycles. The fraction of sp³-hybridized carbons (Fsp3) is 0.216. The summed E-state index contributed by atoms with van der Waals surface area (Å²) < 4.78 is 9.32. The van der Waals surface area contributed by atoms with Crippen LogP contribution in [0, 0.1) is 0 Å². The summed E-state index contributed by atoms with van der Waals surface area (Å²) in [6, 6.07) is 77.6. The van der Waals surface area contributed by atoms with Crippen LogP contribution < -0.4 is 31.2 Å². The van der Waals surface area contributed by atoms with Crippen LogP contribution in [0.3, 0.4) is 0 Å². The molecule has 14 rings (SSSR count). The third-order valence-corrected chi connectivity index (χ3v) is 17.4. The molecule has 9 aromatic carbocycles. The number of rotatable bonds is 7. The van der Waals surface area contributed by atoms with Gasteiger partial charge in [0.1, 0.15) is 11.2 Å². The standard InChI is InChI=1S/C74H69BN4O/c1-72(2,3)49-34-37-55(38-35-49)76(63-42-36-50(73(4,5)6)44-60(63)48-33-40-58-57-29-20-22-32-67(57)80-68(58)43-48)56-39-41-61-64(47-56)77(52-23-13-10-14-24-52)65-45-51(74(7,8)9)46-66-69(65)75(61)71-70(78(66)53-25-15-11-16-26-53)59-30-19-21-31-62(59)79(71)54-27-17-12-18-28-54/h10-18,20,22-29,32-47H,19,21,30-31H2,1-9H3. The van der Waals surface area contributed by atoms with Crippen molar-refractivity contribution < 1.29 is 4.42 Å². The summed E-state index contributed by atoms with van der Waals surface area (Å²) in [5, 5.41) is 2.26. The second kappa shape index (κ2) is 18.6. The van der Waals surface area contributed by atoms with Crippen molar-refractivity contribution in [3.8, 4) is 16.8 Å². The number of para-hydroxylation sites is 4. The molecule has 0 amide bonds. The Bertz CT molecular complexity index is 4190. The Morgan fingerprint density at radius 1 is 0.450 bits per heavy atom. The molecular weight excluding hydrogens is 972 g/mol. The highest BCUT2D eigenvalue weighted by Gasteiger charge is 2.48. The Morgan fingerprint density at radius 2 is 1.02 bits per heavy atom. The van der Waals surface area contributed by atoms with Gasteiger partial charge in [-0.1, -0.05) is 165 Å². The maximum atomic E-state index is 6.63. The number of hydrogen-bond donors (Lipinski definition) is 0. The van der Waals surface area contributed by atoms with E-state index in [0.29, 0.717) is 0 Å². The molecule has 0 spiro atoms. The Morgan fingerprint density at radius 3 is 1.70 bits per heavy atom. The maximum Gasteiger partial charge on any atom is 0.273 e. The molecule has 2 aliphatic heterocycles. The van der Waals surface area contributed by atoms with Crippen LogP contribution in [0.5, 0.6) is 0 Å². The van der Waals surface area contributed by atoms with Crippen LogP contribution in [0.15, 0.2) is 211 Å². The van der Waals surface area contributed by atoms with Crippen LogP contribution in [-0.4, -0.2) is 11.3 Å². The Hall–Kier alpha value is -8.48. The van der Waals surface area contributed by atoms with Crippen LogP contribution in [0.1, 0.15) is 103 Å². The Balaban J connectivity index is 1.08. The van der Waals surface area contributed by atoms with E-state index in [1.165, 1.54) is 91.4 Å². The zero-order valence-electron chi connectivity index (χ0n) is 47.7. The van der Waals surface area contributed by atoms with E-state index < -0.39 is 0 Å². The highest BCUT2D eigenvalue weighted by Crippen LogP contribution is 2.51. The summed E-state index contributed by atoms with van der Waals surface area (Å²) in [5.41, 5.74) is 26.3. The van der Waals surface area contributed by atoms with Gasteiger partial charge in [-0.3, -0.25) is 0 Å². The van der Waals surface area contributed by atoms with E-state index >= 15 is 0 Å². The molecule has 4 heterocycles. The van der Waals surface area contributed by atoms with Gasteiger partial charge in [0.05, 0.1) is 11.4 Å². The van der Waals surface area contributed by atoms with E-state index in [2.05, 4.69) is 288 Å². The maximum absolute atomic E-state index is 6.63. The first-order chi connectivity index (χ1) is 38.6. The minimum absolute atomic E-state index is 0.0173. The van der Waals surface area contributed by atoms with Crippen LogP contribution in [0.2, 0.25) is 0 Å². The number of furan rings is 1. The summed E-state index contributed by atoms with van der Waals surface area (Å²) in [7, 11) is 0. The lowest BCUT2D eigenvalue weighted by Gasteiger charge is -2.45. The predicted octanol–water partition coefficient (Wildman–Crippen LogP) is 18.4. The minimum Gasteiger partial charge on any atom is -0.456 e. The number of aromatic nitrogens is 1. The van der Waals surface area contributed by atoms with Gasteiger partial charge in [0.15, 0.2) is 0 Å². The van der Waals surface area contributed by atoms with Gasteiger partial charge in [0.2, 0.25) is 0 Å². The van der Waals surface area contributed by atoms with Crippen LogP contribution in [0.25, 0.3) is 38.8 Å². The quantitative estimate of drug-likeness (QED) is 0.149. The van der Waals surface area contributed by atoms with Crippen molar-refractivity contribution in [1.29, 1.82) is 0 Å². The van der Waals surface area contributed by atoms with Gasteiger partial charge in [-0.15, -0.1) is 0 Å². The van der Waals surface area contributed by atoms with E-state index in [0.717, 1.165) is 68.7 Å². The van der Waals surface area contributed by atoms with Gasteiger partial charge in [-0.25, -0.2) is 0 Å². The molecule has 0 bridgehead atoms. The normalized spacial score (nSPS) is 14.0. The first kappa shape index (κ1) is 49.8. The van der Waals surface area contributed by atoms with Gasteiger partial charge in [-0.2, -0.15) is 0 Å². The molecular formula is C74H69BN4O. The highest BCUT2D eigenvalue weighted by atomic mass is 16.3. The molecule has 0 radical (unpaired) electrons. The van der Waals surface area contributed by atoms with Crippen molar-refractivity contribution >= 4 is 96.4 Å². The van der Waals surface area contributed by atoms with Crippen molar-refractivity contribution in [3.05, 3.63) is 234 Å². The van der Waals surface area contributed by atoms with Crippen LogP contribution >= 0.6 is 0 Å². The van der Waals surface area contributed by atoms with E-state index in [-0.39, 0.29) is 23.0 Å². The lowest BCUT2D eigenvalue weighted by Crippen LogP contribution is -2.63. The second-order valence-electron chi connectivity index (χ2n) is 25.7. The molecule has 6 heteroatoms. The van der Waals surface area contributed by atoms with Gasteiger partial charge in [0, 0.05) is 73.1 Å². The number of hydrogen-bond acceptors (Lipinski definition) is 4. The number of fused-ring (bicyclic) bond motifs is 9. The van der Waals surface area contributed by atoms with Crippen molar-refractivity contribution in [2.24, 2.45) is 0 Å². The van der Waals surface area contributed by atoms with E-state index in [4.69, 9.17) is 4.42 Å². The smallest absolute Gasteiger partial charge is 0.273 e. The molecule has 0 fully saturated rings. The molecule has 0 N–H and O–H groups in total. The Kier molecular flexibility index (Phi) is 11.6. The minimum atomic E-state index is -0.152. The number of anilines is 9. The van der Waals surface area contributed by atoms with Crippen LogP contribution in [0.4, 0.5) is 51.2 Å². The van der Waals surface area contributed by atoms with Gasteiger partial charge >= 0.3 is 0 Å². The topological polar surface area (TPSA) is 27.8 Å². The molecule has 0 unspecified atom stereocenters. The summed E-state index contributed by atoms with van der Waals surface area (Å²) in [6.07, 6.45) is 4.42. The van der Waals surface area contributed by atoms with Gasteiger partial charge in [0.25, 0.3) is 6.71 Å². The van der Waals surface area contributed by atoms with Crippen molar-refractivity contribution in [2.75, 3.05) is 14.7 Å². The SMILES string of the molecule is CC(C)(C)c1ccc(N(c2ccc3c(c2)N(c2ccccc2)c2cc(C(C)(C)C)cc4c2B3c2c(c3c(n2-c2ccccc2)CCCC3)N4c2ccccc2)c2ccc(C(C)(C)C)cc2-c2ccc3c(c2)oc2ccccc23)cc1. The first-order valence-corrected chi connectivity index (χ1v) is 28.9. The molecule has 0 atom stereocenters. The van der Waals surface area contributed by atoms with Crippen molar-refractivity contribution in [1.82, 2.24) is 4.57 Å². The van der Waals surface area contributed by atoms with Crippen LogP contribution in [-0.2, 0) is 29.1 Å². The molecule has 80 heavy (non-hydrogen) atoms. The summed E-state index contributed by atoms with van der Waals surface area (Å²) >= 11 is 0. The lowest BCUT2D eigenvalue weighted by molar-refractivity contribution is 0.590. The third kappa shape index (κ3) is 8.12. The monoisotopic (exact) mass is 1040 g/mol. The van der Waals surface area contributed by atoms with Crippen molar-refractivity contribution in [3.63, 3.8) is 0 Å². The predicted molar refractivity (Wildman–Crippen MR) is 340 cm³/mol. The summed E-state index contributed by atoms with van der Waals surface area (Å²) in [4.78, 5) is 7.76. The largest absolute Gasteiger partial charge is 0.456 e. The van der Waals surface area contributed by atoms with Crippen molar-refractivity contribution in [2.45, 2.75) is 104 Å². The average Bonchev–Trinajstić information content (AvgIpc) is 4.19. The fourth-order valence-electron chi connectivity index (χ4n) is 13.3. The summed E-state index contributed by atoms with van der Waals surface area (Å²) in [5.74, 6) is 0. The molecule has 0 saturated carbocycles. The molecule has 2 aromatic heterocycles. The molecule has 0 saturated heterocycles. The van der Waals surface area contributed by atoms with E-state index in [1.54, 1.807) is 0 Å². The van der Waals surface area contributed by atoms with E-state index in [1.807, 2.05) is 0 Å². The zero-order valence-corrected chi connectivity index (χ0v) is 47.7.